The first-order valence-electron chi connectivity index (χ1n) is 8.54. The van der Waals surface area contributed by atoms with Crippen LogP contribution in [0.3, 0.4) is 0 Å². The van der Waals surface area contributed by atoms with E-state index in [2.05, 4.69) is 46.3 Å². The molecular formula is C18H24N4OS. The van der Waals surface area contributed by atoms with Gasteiger partial charge in [0.2, 0.25) is 5.01 Å². The number of benzene rings is 1. The van der Waals surface area contributed by atoms with E-state index in [0.29, 0.717) is 11.0 Å². The molecular weight excluding hydrogens is 320 g/mol. The molecule has 0 bridgehead atoms. The molecule has 3 rings (SSSR count). The van der Waals surface area contributed by atoms with Gasteiger partial charge in [-0.25, -0.2) is 0 Å². The van der Waals surface area contributed by atoms with E-state index in [1.807, 2.05) is 17.9 Å². The van der Waals surface area contributed by atoms with E-state index in [1.165, 1.54) is 16.9 Å². The summed E-state index contributed by atoms with van der Waals surface area (Å²) in [6.07, 6.45) is 2.22. The second-order valence-corrected chi connectivity index (χ2v) is 7.46. The first-order valence-corrected chi connectivity index (χ1v) is 9.36. The summed E-state index contributed by atoms with van der Waals surface area (Å²) < 4.78 is 0. The summed E-state index contributed by atoms with van der Waals surface area (Å²) in [5.41, 5.74) is 1.33. The molecule has 1 aliphatic heterocycles. The molecule has 6 heteroatoms. The minimum atomic E-state index is 0.0288. The van der Waals surface area contributed by atoms with Crippen molar-refractivity contribution in [2.45, 2.75) is 39.3 Å². The fourth-order valence-corrected chi connectivity index (χ4v) is 3.89. The standard InChI is InChI=1S/C18H24N4OS/c1-3-7-16-13-22(18(23)17-20-19-14(2)24-17)11-10-21(16)12-15-8-5-4-6-9-15/h4-6,8-9,16H,3,7,10-13H2,1-2H3. The van der Waals surface area contributed by atoms with Gasteiger partial charge < -0.3 is 4.90 Å². The molecule has 1 fully saturated rings. The van der Waals surface area contributed by atoms with Crippen LogP contribution in [0.5, 0.6) is 0 Å². The molecule has 2 aromatic rings. The van der Waals surface area contributed by atoms with Crippen molar-refractivity contribution in [3.8, 4) is 0 Å². The second kappa shape index (κ2) is 7.85. The molecule has 128 valence electrons. The lowest BCUT2D eigenvalue weighted by atomic mass is 10.0. The smallest absolute Gasteiger partial charge is 0.284 e. The molecule has 1 amide bonds. The highest BCUT2D eigenvalue weighted by Crippen LogP contribution is 2.20. The quantitative estimate of drug-likeness (QED) is 0.837. The Labute approximate surface area is 147 Å². The van der Waals surface area contributed by atoms with Crippen LogP contribution in [0.4, 0.5) is 0 Å². The van der Waals surface area contributed by atoms with Crippen LogP contribution in [-0.2, 0) is 6.54 Å². The summed E-state index contributed by atoms with van der Waals surface area (Å²) in [4.78, 5) is 17.1. The van der Waals surface area contributed by atoms with Crippen LogP contribution in [0.1, 0.15) is 40.1 Å². The van der Waals surface area contributed by atoms with Crippen LogP contribution in [0.2, 0.25) is 0 Å². The summed E-state index contributed by atoms with van der Waals surface area (Å²) in [6, 6.07) is 11.0. The summed E-state index contributed by atoms with van der Waals surface area (Å²) in [5.74, 6) is 0.0288. The van der Waals surface area contributed by atoms with Crippen molar-refractivity contribution < 1.29 is 4.79 Å². The van der Waals surface area contributed by atoms with E-state index in [0.717, 1.165) is 44.0 Å². The van der Waals surface area contributed by atoms with E-state index in [9.17, 15) is 4.79 Å². The molecule has 1 unspecified atom stereocenters. The van der Waals surface area contributed by atoms with Gasteiger partial charge in [-0.05, 0) is 18.9 Å². The highest BCUT2D eigenvalue weighted by atomic mass is 32.1. The van der Waals surface area contributed by atoms with Crippen molar-refractivity contribution in [3.05, 3.63) is 45.9 Å². The number of nitrogens with zero attached hydrogens (tertiary/aromatic N) is 4. The zero-order chi connectivity index (χ0) is 16.9. The van der Waals surface area contributed by atoms with Crippen molar-refractivity contribution >= 4 is 17.2 Å². The Balaban J connectivity index is 1.67. The Bertz CT molecular complexity index is 673. The molecule has 2 heterocycles. The molecule has 1 atom stereocenters. The summed E-state index contributed by atoms with van der Waals surface area (Å²) in [7, 11) is 0. The van der Waals surface area contributed by atoms with Crippen LogP contribution in [-0.4, -0.2) is 51.6 Å². The highest BCUT2D eigenvalue weighted by Gasteiger charge is 2.30. The number of rotatable bonds is 5. The van der Waals surface area contributed by atoms with Gasteiger partial charge in [-0.2, -0.15) is 0 Å². The first kappa shape index (κ1) is 17.0. The van der Waals surface area contributed by atoms with E-state index < -0.39 is 0 Å². The van der Waals surface area contributed by atoms with E-state index in [-0.39, 0.29) is 5.91 Å². The monoisotopic (exact) mass is 344 g/mol. The zero-order valence-corrected chi connectivity index (χ0v) is 15.1. The minimum absolute atomic E-state index is 0.0288. The van der Waals surface area contributed by atoms with Crippen LogP contribution in [0, 0.1) is 6.92 Å². The van der Waals surface area contributed by atoms with Gasteiger partial charge in [0, 0.05) is 32.2 Å². The third-order valence-electron chi connectivity index (χ3n) is 4.45. The van der Waals surface area contributed by atoms with Gasteiger partial charge in [0.1, 0.15) is 5.01 Å². The number of amides is 1. The number of aromatic nitrogens is 2. The average Bonchev–Trinajstić information content (AvgIpc) is 3.03. The number of carbonyl (C=O) groups excluding carboxylic acids is 1. The molecule has 1 saturated heterocycles. The van der Waals surface area contributed by atoms with Gasteiger partial charge in [0.05, 0.1) is 0 Å². The average molecular weight is 344 g/mol. The fourth-order valence-electron chi connectivity index (χ4n) is 3.23. The maximum atomic E-state index is 12.6. The SMILES string of the molecule is CCCC1CN(C(=O)c2nnc(C)s2)CCN1Cc1ccccc1. The summed E-state index contributed by atoms with van der Waals surface area (Å²) >= 11 is 1.38. The number of piperazine rings is 1. The van der Waals surface area contributed by atoms with Gasteiger partial charge in [-0.15, -0.1) is 10.2 Å². The van der Waals surface area contributed by atoms with Crippen LogP contribution in [0.15, 0.2) is 30.3 Å². The maximum Gasteiger partial charge on any atom is 0.284 e. The maximum absolute atomic E-state index is 12.6. The first-order chi connectivity index (χ1) is 11.7. The largest absolute Gasteiger partial charge is 0.334 e. The Morgan fingerprint density at radius 3 is 2.71 bits per heavy atom. The van der Waals surface area contributed by atoms with Crippen molar-refractivity contribution in [2.75, 3.05) is 19.6 Å². The lowest BCUT2D eigenvalue weighted by molar-refractivity contribution is 0.0437. The normalized spacial score (nSPS) is 18.8. The number of hydrogen-bond donors (Lipinski definition) is 0. The molecule has 1 aromatic heterocycles. The second-order valence-electron chi connectivity index (χ2n) is 6.28. The predicted octanol–water partition coefficient (Wildman–Crippen LogP) is 2.97. The minimum Gasteiger partial charge on any atom is -0.334 e. The third kappa shape index (κ3) is 3.99. The Morgan fingerprint density at radius 2 is 2.04 bits per heavy atom. The lowest BCUT2D eigenvalue weighted by Gasteiger charge is -2.41. The highest BCUT2D eigenvalue weighted by molar-refractivity contribution is 7.13. The predicted molar refractivity (Wildman–Crippen MR) is 96.1 cm³/mol. The van der Waals surface area contributed by atoms with Crippen molar-refractivity contribution in [1.29, 1.82) is 0 Å². The van der Waals surface area contributed by atoms with Gasteiger partial charge in [0.15, 0.2) is 0 Å². The number of aryl methyl sites for hydroxylation is 1. The summed E-state index contributed by atoms with van der Waals surface area (Å²) in [6.45, 7) is 7.47. The molecule has 0 radical (unpaired) electrons. The van der Waals surface area contributed by atoms with E-state index in [4.69, 9.17) is 0 Å². The molecule has 1 aromatic carbocycles. The van der Waals surface area contributed by atoms with E-state index >= 15 is 0 Å². The van der Waals surface area contributed by atoms with Gasteiger partial charge >= 0.3 is 0 Å². The van der Waals surface area contributed by atoms with Crippen LogP contribution in [0.25, 0.3) is 0 Å². The van der Waals surface area contributed by atoms with Gasteiger partial charge in [0.25, 0.3) is 5.91 Å². The molecule has 0 aliphatic carbocycles. The molecule has 5 nitrogen and oxygen atoms in total. The van der Waals surface area contributed by atoms with Crippen molar-refractivity contribution in [3.63, 3.8) is 0 Å². The molecule has 0 spiro atoms. The fraction of sp³-hybridized carbons (Fsp3) is 0.500. The Morgan fingerprint density at radius 1 is 1.25 bits per heavy atom. The zero-order valence-electron chi connectivity index (χ0n) is 14.3. The topological polar surface area (TPSA) is 49.3 Å². The summed E-state index contributed by atoms with van der Waals surface area (Å²) in [5, 5.41) is 9.33. The van der Waals surface area contributed by atoms with Crippen LogP contribution < -0.4 is 0 Å². The van der Waals surface area contributed by atoms with Gasteiger partial charge in [-0.1, -0.05) is 55.0 Å². The molecule has 24 heavy (non-hydrogen) atoms. The lowest BCUT2D eigenvalue weighted by Crippen LogP contribution is -2.54. The molecule has 0 saturated carbocycles. The van der Waals surface area contributed by atoms with Crippen molar-refractivity contribution in [1.82, 2.24) is 20.0 Å². The molecule has 0 N–H and O–H groups in total. The molecule has 1 aliphatic rings. The number of hydrogen-bond acceptors (Lipinski definition) is 5. The number of carbonyl (C=O) groups is 1. The van der Waals surface area contributed by atoms with E-state index in [1.54, 1.807) is 0 Å². The Kier molecular flexibility index (Phi) is 5.58. The Hall–Kier alpha value is -1.79. The third-order valence-corrected chi connectivity index (χ3v) is 5.28. The van der Waals surface area contributed by atoms with Crippen molar-refractivity contribution in [2.24, 2.45) is 0 Å². The van der Waals surface area contributed by atoms with Crippen LogP contribution >= 0.6 is 11.3 Å². The van der Waals surface area contributed by atoms with Gasteiger partial charge in [-0.3, -0.25) is 9.69 Å².